The van der Waals surface area contributed by atoms with Crippen LogP contribution in [0.5, 0.6) is 5.75 Å². The van der Waals surface area contributed by atoms with E-state index < -0.39 is 23.5 Å². The van der Waals surface area contributed by atoms with Crippen LogP contribution in [-0.4, -0.2) is 16.1 Å². The first-order chi connectivity index (χ1) is 14.0. The van der Waals surface area contributed by atoms with Crippen LogP contribution in [0.3, 0.4) is 0 Å². The molecule has 0 saturated carbocycles. The largest absolute Gasteiger partial charge is 0.488 e. The first kappa shape index (κ1) is 21.8. The molecular formula is C21H17F4NO3S. The standard InChI is InChI=1S/C21H17F4NO3S/c1-11-3-4-13(8-19(27)28)7-17(11)29-10-18-12(2)26-20(30-18)14-5-6-15(16(22)9-14)21(23,24)25/h3-7,9H,8,10H2,1-2H3,(H,27,28). The van der Waals surface area contributed by atoms with Gasteiger partial charge < -0.3 is 9.84 Å². The minimum absolute atomic E-state index is 0.125. The predicted octanol–water partition coefficient (Wildman–Crippen LogP) is 5.79. The molecule has 0 atom stereocenters. The molecule has 1 aromatic heterocycles. The number of benzene rings is 2. The summed E-state index contributed by atoms with van der Waals surface area (Å²) >= 11 is 1.20. The fourth-order valence-electron chi connectivity index (χ4n) is 2.79. The Morgan fingerprint density at radius 1 is 1.17 bits per heavy atom. The zero-order chi connectivity index (χ0) is 22.1. The third-order valence-corrected chi connectivity index (χ3v) is 5.56. The summed E-state index contributed by atoms with van der Waals surface area (Å²) < 4.78 is 57.9. The van der Waals surface area contributed by atoms with Crippen LogP contribution >= 0.6 is 11.3 Å². The van der Waals surface area contributed by atoms with Gasteiger partial charge in [0.05, 0.1) is 22.6 Å². The Morgan fingerprint density at radius 2 is 1.90 bits per heavy atom. The number of hydrogen-bond donors (Lipinski definition) is 1. The van der Waals surface area contributed by atoms with Crippen molar-refractivity contribution in [1.29, 1.82) is 0 Å². The number of carboxylic acid groups (broad SMARTS) is 1. The maximum absolute atomic E-state index is 13.9. The Bertz CT molecular complexity index is 1090. The number of hydrogen-bond acceptors (Lipinski definition) is 4. The topological polar surface area (TPSA) is 59.4 Å². The van der Waals surface area contributed by atoms with E-state index in [4.69, 9.17) is 9.84 Å². The molecule has 0 bridgehead atoms. The van der Waals surface area contributed by atoms with Gasteiger partial charge in [0.1, 0.15) is 23.2 Å². The van der Waals surface area contributed by atoms with Crippen molar-refractivity contribution < 1.29 is 32.2 Å². The van der Waals surface area contributed by atoms with Crippen LogP contribution < -0.4 is 4.74 Å². The monoisotopic (exact) mass is 439 g/mol. The second-order valence-corrected chi connectivity index (χ2v) is 7.76. The highest BCUT2D eigenvalue weighted by molar-refractivity contribution is 7.15. The van der Waals surface area contributed by atoms with E-state index in [1.807, 2.05) is 6.92 Å². The highest BCUT2D eigenvalue weighted by Gasteiger charge is 2.34. The normalized spacial score (nSPS) is 11.5. The average Bonchev–Trinajstić information content (AvgIpc) is 3.01. The lowest BCUT2D eigenvalue weighted by molar-refractivity contribution is -0.140. The van der Waals surface area contributed by atoms with E-state index in [2.05, 4.69) is 4.98 Å². The van der Waals surface area contributed by atoms with Crippen molar-refractivity contribution in [2.75, 3.05) is 0 Å². The molecule has 1 N–H and O–H groups in total. The quantitative estimate of drug-likeness (QED) is 0.494. The van der Waals surface area contributed by atoms with Crippen molar-refractivity contribution in [2.45, 2.75) is 33.1 Å². The minimum Gasteiger partial charge on any atom is -0.488 e. The number of carbonyl (C=O) groups is 1. The Labute approximate surface area is 173 Å². The third-order valence-electron chi connectivity index (χ3n) is 4.38. The molecule has 30 heavy (non-hydrogen) atoms. The first-order valence-electron chi connectivity index (χ1n) is 8.82. The predicted molar refractivity (Wildman–Crippen MR) is 104 cm³/mol. The molecule has 3 aromatic rings. The summed E-state index contributed by atoms with van der Waals surface area (Å²) in [4.78, 5) is 15.9. The molecule has 0 fully saturated rings. The fourth-order valence-corrected chi connectivity index (χ4v) is 3.76. The number of alkyl halides is 3. The maximum Gasteiger partial charge on any atom is 0.419 e. The van der Waals surface area contributed by atoms with Crippen molar-refractivity contribution in [1.82, 2.24) is 4.98 Å². The van der Waals surface area contributed by atoms with Crippen LogP contribution in [0.25, 0.3) is 10.6 Å². The minimum atomic E-state index is -4.76. The molecule has 0 amide bonds. The van der Waals surface area contributed by atoms with E-state index in [1.165, 1.54) is 17.4 Å². The van der Waals surface area contributed by atoms with E-state index in [0.29, 0.717) is 28.1 Å². The van der Waals surface area contributed by atoms with Gasteiger partial charge in [0.25, 0.3) is 0 Å². The molecule has 0 unspecified atom stereocenters. The molecule has 0 aliphatic rings. The van der Waals surface area contributed by atoms with Gasteiger partial charge in [0.2, 0.25) is 0 Å². The van der Waals surface area contributed by atoms with Gasteiger partial charge in [-0.05, 0) is 43.2 Å². The van der Waals surface area contributed by atoms with E-state index in [0.717, 1.165) is 16.5 Å². The van der Waals surface area contributed by atoms with Gasteiger partial charge >= 0.3 is 12.1 Å². The number of aryl methyl sites for hydroxylation is 2. The lowest BCUT2D eigenvalue weighted by Crippen LogP contribution is -2.07. The van der Waals surface area contributed by atoms with Gasteiger partial charge in [0.15, 0.2) is 0 Å². The van der Waals surface area contributed by atoms with Crippen molar-refractivity contribution in [3.05, 3.63) is 69.5 Å². The molecule has 0 aliphatic heterocycles. The zero-order valence-corrected chi connectivity index (χ0v) is 16.8. The van der Waals surface area contributed by atoms with E-state index >= 15 is 0 Å². The number of thiazole rings is 1. The molecular weight excluding hydrogens is 422 g/mol. The number of ether oxygens (including phenoxy) is 1. The molecule has 0 aliphatic carbocycles. The Kier molecular flexibility index (Phi) is 6.12. The molecule has 9 heteroatoms. The third kappa shape index (κ3) is 4.96. The van der Waals surface area contributed by atoms with Gasteiger partial charge in [-0.25, -0.2) is 9.37 Å². The number of rotatable bonds is 6. The van der Waals surface area contributed by atoms with Crippen molar-refractivity contribution >= 4 is 17.3 Å². The summed E-state index contributed by atoms with van der Waals surface area (Å²) in [5, 5.41) is 9.31. The molecule has 4 nitrogen and oxygen atoms in total. The van der Waals surface area contributed by atoms with E-state index in [-0.39, 0.29) is 18.6 Å². The number of carboxylic acids is 1. The van der Waals surface area contributed by atoms with Crippen molar-refractivity contribution in [3.63, 3.8) is 0 Å². The summed E-state index contributed by atoms with van der Waals surface area (Å²) in [6.45, 7) is 3.70. The summed E-state index contributed by atoms with van der Waals surface area (Å²) in [5.74, 6) is -1.77. The number of halogens is 4. The van der Waals surface area contributed by atoms with E-state index in [9.17, 15) is 22.4 Å². The first-order valence-corrected chi connectivity index (χ1v) is 9.64. The van der Waals surface area contributed by atoms with Crippen LogP contribution in [-0.2, 0) is 24.0 Å². The summed E-state index contributed by atoms with van der Waals surface area (Å²) in [6.07, 6.45) is -4.88. The molecule has 2 aromatic carbocycles. The Hall–Kier alpha value is -2.94. The summed E-state index contributed by atoms with van der Waals surface area (Å²) in [6, 6.07) is 7.86. The molecule has 0 radical (unpaired) electrons. The highest BCUT2D eigenvalue weighted by Crippen LogP contribution is 2.35. The second-order valence-electron chi connectivity index (χ2n) is 6.68. The molecule has 1 heterocycles. The Morgan fingerprint density at radius 3 is 2.53 bits per heavy atom. The van der Waals surface area contributed by atoms with Gasteiger partial charge in [-0.1, -0.05) is 18.2 Å². The molecule has 3 rings (SSSR count). The van der Waals surface area contributed by atoms with Crippen LogP contribution in [0, 0.1) is 19.7 Å². The summed E-state index contributed by atoms with van der Waals surface area (Å²) in [7, 11) is 0. The number of aromatic nitrogens is 1. The van der Waals surface area contributed by atoms with Crippen LogP contribution in [0.1, 0.15) is 27.3 Å². The fraction of sp³-hybridized carbons (Fsp3) is 0.238. The lowest BCUT2D eigenvalue weighted by Gasteiger charge is -2.10. The zero-order valence-electron chi connectivity index (χ0n) is 16.0. The van der Waals surface area contributed by atoms with Crippen LogP contribution in [0.2, 0.25) is 0 Å². The highest BCUT2D eigenvalue weighted by atomic mass is 32.1. The maximum atomic E-state index is 13.9. The van der Waals surface area contributed by atoms with Crippen molar-refractivity contribution in [2.24, 2.45) is 0 Å². The van der Waals surface area contributed by atoms with Gasteiger partial charge in [-0.15, -0.1) is 11.3 Å². The summed E-state index contributed by atoms with van der Waals surface area (Å²) in [5.41, 5.74) is 0.982. The van der Waals surface area contributed by atoms with E-state index in [1.54, 1.807) is 25.1 Å². The molecule has 0 saturated heterocycles. The molecule has 0 spiro atoms. The van der Waals surface area contributed by atoms with Crippen LogP contribution in [0.15, 0.2) is 36.4 Å². The van der Waals surface area contributed by atoms with Gasteiger partial charge in [-0.2, -0.15) is 13.2 Å². The second kappa shape index (κ2) is 8.43. The molecule has 158 valence electrons. The lowest BCUT2D eigenvalue weighted by atomic mass is 10.1. The van der Waals surface area contributed by atoms with Gasteiger partial charge in [0, 0.05) is 5.56 Å². The van der Waals surface area contributed by atoms with Gasteiger partial charge in [-0.3, -0.25) is 4.79 Å². The van der Waals surface area contributed by atoms with Crippen LogP contribution in [0.4, 0.5) is 17.6 Å². The smallest absolute Gasteiger partial charge is 0.419 e. The number of nitrogens with zero attached hydrogens (tertiary/aromatic N) is 1. The average molecular weight is 439 g/mol. The number of aliphatic carboxylic acids is 1. The Balaban J connectivity index is 1.79. The van der Waals surface area contributed by atoms with Crippen molar-refractivity contribution in [3.8, 4) is 16.3 Å². The SMILES string of the molecule is Cc1ccc(CC(=O)O)cc1OCc1sc(-c2ccc(C(F)(F)F)c(F)c2)nc1C.